The van der Waals surface area contributed by atoms with Crippen LogP contribution < -0.4 is 4.74 Å². The average molecular weight is 274 g/mol. The van der Waals surface area contributed by atoms with Crippen LogP contribution in [0.4, 0.5) is 0 Å². The second-order valence-corrected chi connectivity index (χ2v) is 4.72. The van der Waals surface area contributed by atoms with Crippen molar-refractivity contribution in [2.45, 2.75) is 6.61 Å². The average Bonchev–Trinajstić information content (AvgIpc) is 2.99. The molecule has 2 heterocycles. The summed E-state index contributed by atoms with van der Waals surface area (Å²) in [4.78, 5) is 16.1. The molecule has 2 aromatic heterocycles. The molecular formula is C13H10N2O3S. The highest BCUT2D eigenvalue weighted by Crippen LogP contribution is 2.28. The molecule has 0 spiro atoms. The van der Waals surface area contributed by atoms with Crippen molar-refractivity contribution in [2.75, 3.05) is 0 Å². The molecule has 0 saturated carbocycles. The fraction of sp³-hybridized carbons (Fsp3) is 0.0769. The molecule has 0 saturated heterocycles. The maximum Gasteiger partial charge on any atom is 0.250 e. The predicted octanol–water partition coefficient (Wildman–Crippen LogP) is 2.49. The molecule has 0 amide bonds. The zero-order valence-electron chi connectivity index (χ0n) is 9.81. The predicted molar refractivity (Wildman–Crippen MR) is 70.9 cm³/mol. The Labute approximate surface area is 112 Å². The minimum absolute atomic E-state index is 0.130. The molecule has 3 rings (SSSR count). The van der Waals surface area contributed by atoms with Gasteiger partial charge < -0.3 is 9.84 Å². The summed E-state index contributed by atoms with van der Waals surface area (Å²) in [7, 11) is 0. The molecular weight excluding hydrogens is 264 g/mol. The number of carbonyl (C=O) groups is 1. The van der Waals surface area contributed by atoms with E-state index >= 15 is 0 Å². The molecule has 0 atom stereocenters. The Kier molecular flexibility index (Phi) is 3.02. The third-order valence-corrected chi connectivity index (χ3v) is 3.48. The fourth-order valence-electron chi connectivity index (χ4n) is 1.80. The van der Waals surface area contributed by atoms with Gasteiger partial charge in [0.1, 0.15) is 5.75 Å². The van der Waals surface area contributed by atoms with Crippen LogP contribution in [0.5, 0.6) is 11.6 Å². The van der Waals surface area contributed by atoms with Crippen molar-refractivity contribution in [1.29, 1.82) is 0 Å². The third-order valence-electron chi connectivity index (χ3n) is 2.73. The number of hydrogen-bond donors (Lipinski definition) is 1. The number of carbonyl (C=O) groups excluding carboxylic acids is 1. The second kappa shape index (κ2) is 4.83. The first-order chi connectivity index (χ1) is 9.33. The molecule has 0 radical (unpaired) electrons. The first kappa shape index (κ1) is 11.9. The Bertz CT molecular complexity index is 732. The maximum absolute atomic E-state index is 11.2. The second-order valence-electron chi connectivity index (χ2n) is 3.84. The zero-order valence-corrected chi connectivity index (χ0v) is 10.6. The number of nitrogens with zero attached hydrogens (tertiary/aromatic N) is 2. The summed E-state index contributed by atoms with van der Waals surface area (Å²) in [5.41, 5.74) is 1.01. The van der Waals surface area contributed by atoms with E-state index in [4.69, 9.17) is 4.74 Å². The molecule has 1 N–H and O–H groups in total. The summed E-state index contributed by atoms with van der Waals surface area (Å²) in [6.45, 7) is -0.130. The number of fused-ring (bicyclic) bond motifs is 1. The standard InChI is InChI=1S/C13H10N2O3S/c16-7-9-3-1-2-4-11(9)18-12-10(8-17)15-5-6-19-13(15)14-12/h1-6,8,16H,7H2. The van der Waals surface area contributed by atoms with E-state index in [2.05, 4.69) is 4.98 Å². The number of aliphatic hydroxyl groups is 1. The maximum atomic E-state index is 11.2. The van der Waals surface area contributed by atoms with E-state index in [0.29, 0.717) is 28.3 Å². The van der Waals surface area contributed by atoms with Crippen molar-refractivity contribution >= 4 is 22.6 Å². The third kappa shape index (κ3) is 2.00. The van der Waals surface area contributed by atoms with Gasteiger partial charge in [-0.2, -0.15) is 4.98 Å². The first-order valence-corrected chi connectivity index (χ1v) is 6.49. The Balaban J connectivity index is 2.05. The Morgan fingerprint density at radius 1 is 1.42 bits per heavy atom. The van der Waals surface area contributed by atoms with Gasteiger partial charge in [-0.1, -0.05) is 18.2 Å². The molecule has 6 heteroatoms. The highest BCUT2D eigenvalue weighted by atomic mass is 32.1. The van der Waals surface area contributed by atoms with Crippen LogP contribution in [0.1, 0.15) is 16.1 Å². The fourth-order valence-corrected chi connectivity index (χ4v) is 2.52. The zero-order chi connectivity index (χ0) is 13.2. The molecule has 0 aliphatic heterocycles. The Morgan fingerprint density at radius 3 is 3.05 bits per heavy atom. The summed E-state index contributed by atoms with van der Waals surface area (Å²) < 4.78 is 7.32. The van der Waals surface area contributed by atoms with E-state index in [0.717, 1.165) is 0 Å². The van der Waals surface area contributed by atoms with E-state index in [9.17, 15) is 9.90 Å². The van der Waals surface area contributed by atoms with Gasteiger partial charge in [-0.05, 0) is 6.07 Å². The lowest BCUT2D eigenvalue weighted by Gasteiger charge is -2.07. The van der Waals surface area contributed by atoms with Crippen molar-refractivity contribution in [3.63, 3.8) is 0 Å². The van der Waals surface area contributed by atoms with E-state index in [1.165, 1.54) is 11.3 Å². The molecule has 0 aliphatic rings. The van der Waals surface area contributed by atoms with Gasteiger partial charge >= 0.3 is 0 Å². The lowest BCUT2D eigenvalue weighted by Crippen LogP contribution is -1.95. The van der Waals surface area contributed by atoms with Gasteiger partial charge in [-0.15, -0.1) is 11.3 Å². The first-order valence-electron chi connectivity index (χ1n) is 5.61. The molecule has 3 aromatic rings. The van der Waals surface area contributed by atoms with Crippen LogP contribution in [0.2, 0.25) is 0 Å². The minimum atomic E-state index is -0.130. The van der Waals surface area contributed by atoms with E-state index in [-0.39, 0.29) is 12.5 Å². The number of rotatable bonds is 4. The number of imidazole rings is 1. The molecule has 0 aliphatic carbocycles. The van der Waals surface area contributed by atoms with Gasteiger partial charge in [-0.3, -0.25) is 9.20 Å². The van der Waals surface area contributed by atoms with Gasteiger partial charge in [0, 0.05) is 17.1 Å². The number of aromatic nitrogens is 2. The van der Waals surface area contributed by atoms with Crippen LogP contribution in [0, 0.1) is 0 Å². The monoisotopic (exact) mass is 274 g/mol. The van der Waals surface area contributed by atoms with E-state index in [1.54, 1.807) is 28.8 Å². The van der Waals surface area contributed by atoms with Gasteiger partial charge in [-0.25, -0.2) is 0 Å². The minimum Gasteiger partial charge on any atom is -0.437 e. The highest BCUT2D eigenvalue weighted by Gasteiger charge is 2.15. The summed E-state index contributed by atoms with van der Waals surface area (Å²) in [6.07, 6.45) is 2.48. The summed E-state index contributed by atoms with van der Waals surface area (Å²) in [6, 6.07) is 7.10. The number of benzene rings is 1. The van der Waals surface area contributed by atoms with Crippen LogP contribution in [0.3, 0.4) is 0 Å². The highest BCUT2D eigenvalue weighted by molar-refractivity contribution is 7.15. The number of thiazole rings is 1. The topological polar surface area (TPSA) is 63.8 Å². The van der Waals surface area contributed by atoms with Crippen molar-refractivity contribution in [1.82, 2.24) is 9.38 Å². The lowest BCUT2D eigenvalue weighted by atomic mass is 10.2. The molecule has 0 fully saturated rings. The lowest BCUT2D eigenvalue weighted by molar-refractivity contribution is 0.111. The molecule has 0 bridgehead atoms. The van der Waals surface area contributed by atoms with Crippen LogP contribution in [-0.2, 0) is 6.61 Å². The van der Waals surface area contributed by atoms with Gasteiger partial charge in [0.05, 0.1) is 6.61 Å². The van der Waals surface area contributed by atoms with Crippen LogP contribution in [0.15, 0.2) is 35.8 Å². The van der Waals surface area contributed by atoms with Crippen LogP contribution in [0.25, 0.3) is 4.96 Å². The smallest absolute Gasteiger partial charge is 0.250 e. The van der Waals surface area contributed by atoms with Crippen LogP contribution in [-0.4, -0.2) is 20.8 Å². The number of aliphatic hydroxyl groups excluding tert-OH is 1. The van der Waals surface area contributed by atoms with Gasteiger partial charge in [0.25, 0.3) is 0 Å². The number of hydrogen-bond acceptors (Lipinski definition) is 5. The van der Waals surface area contributed by atoms with E-state index < -0.39 is 0 Å². The number of aldehydes is 1. The molecule has 96 valence electrons. The quantitative estimate of drug-likeness (QED) is 0.742. The van der Waals surface area contributed by atoms with Gasteiger partial charge in [0.15, 0.2) is 16.9 Å². The summed E-state index contributed by atoms with van der Waals surface area (Å²) in [5, 5.41) is 11.1. The van der Waals surface area contributed by atoms with Crippen molar-refractivity contribution in [3.05, 3.63) is 47.1 Å². The number of ether oxygens (including phenoxy) is 1. The van der Waals surface area contributed by atoms with E-state index in [1.807, 2.05) is 11.4 Å². The SMILES string of the molecule is O=Cc1c(Oc2ccccc2CO)nc2sccn12. The van der Waals surface area contributed by atoms with Gasteiger partial charge in [0.2, 0.25) is 5.88 Å². The normalized spacial score (nSPS) is 10.8. The Hall–Kier alpha value is -2.18. The Morgan fingerprint density at radius 2 is 2.26 bits per heavy atom. The van der Waals surface area contributed by atoms with Crippen molar-refractivity contribution in [3.8, 4) is 11.6 Å². The molecule has 1 aromatic carbocycles. The van der Waals surface area contributed by atoms with Crippen molar-refractivity contribution < 1.29 is 14.6 Å². The summed E-state index contributed by atoms with van der Waals surface area (Å²) >= 11 is 1.42. The largest absolute Gasteiger partial charge is 0.437 e. The number of para-hydroxylation sites is 1. The molecule has 19 heavy (non-hydrogen) atoms. The van der Waals surface area contributed by atoms with Crippen LogP contribution >= 0.6 is 11.3 Å². The molecule has 5 nitrogen and oxygen atoms in total. The van der Waals surface area contributed by atoms with Crippen molar-refractivity contribution in [2.24, 2.45) is 0 Å². The molecule has 0 unspecified atom stereocenters. The summed E-state index contributed by atoms with van der Waals surface area (Å²) in [5.74, 6) is 0.751.